The predicted octanol–water partition coefficient (Wildman–Crippen LogP) is 2.98. The van der Waals surface area contributed by atoms with Crippen molar-refractivity contribution in [2.24, 2.45) is 0 Å². The Balaban J connectivity index is 2.21. The topological polar surface area (TPSA) is 70.7 Å². The molecule has 0 aromatic carbocycles. The second-order valence-corrected chi connectivity index (χ2v) is 6.13. The molecule has 0 bridgehead atoms. The maximum atomic E-state index is 12.6. The second-order valence-electron chi connectivity index (χ2n) is 6.13. The Morgan fingerprint density at radius 2 is 2.14 bits per heavy atom. The first-order valence-electron chi connectivity index (χ1n) is 7.83. The standard InChI is InChI=1S/C16H24N4O/c1-4-20-14(10-13(19-20)12(2)3)15(21)18-16(11-17)8-6-5-7-9-16/h10,12H,4-9H2,1-3H3,(H,18,21). The summed E-state index contributed by atoms with van der Waals surface area (Å²) >= 11 is 0. The molecular weight excluding hydrogens is 264 g/mol. The highest BCUT2D eigenvalue weighted by Crippen LogP contribution is 2.28. The van der Waals surface area contributed by atoms with Gasteiger partial charge in [-0.05, 0) is 31.7 Å². The molecule has 5 nitrogen and oxygen atoms in total. The van der Waals surface area contributed by atoms with Crippen LogP contribution < -0.4 is 5.32 Å². The highest BCUT2D eigenvalue weighted by Gasteiger charge is 2.34. The van der Waals surface area contributed by atoms with Gasteiger partial charge in [-0.15, -0.1) is 0 Å². The molecule has 5 heteroatoms. The van der Waals surface area contributed by atoms with E-state index in [4.69, 9.17) is 0 Å². The summed E-state index contributed by atoms with van der Waals surface area (Å²) in [5.41, 5.74) is 0.772. The quantitative estimate of drug-likeness (QED) is 0.925. The number of nitriles is 1. The SMILES string of the molecule is CCn1nc(C(C)C)cc1C(=O)NC1(C#N)CCCCC1. The molecule has 1 aliphatic carbocycles. The van der Waals surface area contributed by atoms with Gasteiger partial charge in [-0.3, -0.25) is 9.48 Å². The van der Waals surface area contributed by atoms with Crippen LogP contribution in [0.4, 0.5) is 0 Å². The minimum absolute atomic E-state index is 0.181. The first kappa shape index (κ1) is 15.6. The van der Waals surface area contributed by atoms with Crippen molar-refractivity contribution in [1.29, 1.82) is 5.26 Å². The first-order chi connectivity index (χ1) is 10.0. The van der Waals surface area contributed by atoms with E-state index in [1.54, 1.807) is 4.68 Å². The number of aryl methyl sites for hydroxylation is 1. The molecule has 1 amide bonds. The van der Waals surface area contributed by atoms with Gasteiger partial charge in [0.2, 0.25) is 0 Å². The van der Waals surface area contributed by atoms with Crippen LogP contribution in [0, 0.1) is 11.3 Å². The molecule has 1 heterocycles. The maximum Gasteiger partial charge on any atom is 0.270 e. The highest BCUT2D eigenvalue weighted by atomic mass is 16.2. The van der Waals surface area contributed by atoms with Gasteiger partial charge in [-0.2, -0.15) is 10.4 Å². The number of carbonyl (C=O) groups excluding carboxylic acids is 1. The Hall–Kier alpha value is -1.83. The molecule has 1 saturated carbocycles. The lowest BCUT2D eigenvalue weighted by Crippen LogP contribution is -2.49. The van der Waals surface area contributed by atoms with E-state index < -0.39 is 5.54 Å². The van der Waals surface area contributed by atoms with E-state index in [1.165, 1.54) is 0 Å². The average molecular weight is 288 g/mol. The lowest BCUT2D eigenvalue weighted by molar-refractivity contribution is 0.0891. The number of rotatable bonds is 4. The molecule has 0 spiro atoms. The Bertz CT molecular complexity index is 547. The number of hydrogen-bond acceptors (Lipinski definition) is 3. The molecule has 2 rings (SSSR count). The molecule has 1 aromatic heterocycles. The van der Waals surface area contributed by atoms with Crippen molar-refractivity contribution in [3.05, 3.63) is 17.5 Å². The lowest BCUT2D eigenvalue weighted by atomic mass is 9.83. The summed E-state index contributed by atoms with van der Waals surface area (Å²) in [4.78, 5) is 12.6. The van der Waals surface area contributed by atoms with Crippen molar-refractivity contribution >= 4 is 5.91 Å². The average Bonchev–Trinajstić information content (AvgIpc) is 2.93. The fourth-order valence-corrected chi connectivity index (χ4v) is 2.84. The molecule has 1 N–H and O–H groups in total. The highest BCUT2D eigenvalue weighted by molar-refractivity contribution is 5.93. The van der Waals surface area contributed by atoms with E-state index in [0.717, 1.165) is 37.8 Å². The second kappa shape index (κ2) is 6.30. The van der Waals surface area contributed by atoms with Crippen LogP contribution in [0.5, 0.6) is 0 Å². The Morgan fingerprint density at radius 1 is 1.48 bits per heavy atom. The number of nitrogens with zero attached hydrogens (tertiary/aromatic N) is 3. The molecule has 0 aliphatic heterocycles. The number of aromatic nitrogens is 2. The Labute approximate surface area is 126 Å². The monoisotopic (exact) mass is 288 g/mol. The van der Waals surface area contributed by atoms with E-state index in [-0.39, 0.29) is 11.8 Å². The van der Waals surface area contributed by atoms with Gasteiger partial charge in [0.05, 0.1) is 11.8 Å². The fraction of sp³-hybridized carbons (Fsp3) is 0.688. The van der Waals surface area contributed by atoms with Crippen molar-refractivity contribution in [1.82, 2.24) is 15.1 Å². The van der Waals surface area contributed by atoms with Gasteiger partial charge in [0.15, 0.2) is 0 Å². The van der Waals surface area contributed by atoms with Crippen LogP contribution in [0.25, 0.3) is 0 Å². The van der Waals surface area contributed by atoms with Crippen LogP contribution >= 0.6 is 0 Å². The van der Waals surface area contributed by atoms with Crippen LogP contribution in [0.15, 0.2) is 6.07 Å². The smallest absolute Gasteiger partial charge is 0.270 e. The number of nitrogens with one attached hydrogen (secondary N) is 1. The third-order valence-corrected chi connectivity index (χ3v) is 4.20. The number of carbonyl (C=O) groups is 1. The molecule has 0 unspecified atom stereocenters. The van der Waals surface area contributed by atoms with Crippen LogP contribution in [0.3, 0.4) is 0 Å². The molecule has 1 aliphatic rings. The van der Waals surface area contributed by atoms with Gasteiger partial charge in [0.25, 0.3) is 5.91 Å². The Morgan fingerprint density at radius 3 is 2.67 bits per heavy atom. The van der Waals surface area contributed by atoms with Crippen LogP contribution in [0.2, 0.25) is 0 Å². The largest absolute Gasteiger partial charge is 0.332 e. The van der Waals surface area contributed by atoms with E-state index in [2.05, 4.69) is 30.3 Å². The summed E-state index contributed by atoms with van der Waals surface area (Å²) in [7, 11) is 0. The van der Waals surface area contributed by atoms with Gasteiger partial charge >= 0.3 is 0 Å². The van der Waals surface area contributed by atoms with Crippen molar-refractivity contribution in [3.8, 4) is 6.07 Å². The molecule has 0 atom stereocenters. The third kappa shape index (κ3) is 3.26. The first-order valence-corrected chi connectivity index (χ1v) is 7.83. The lowest BCUT2D eigenvalue weighted by Gasteiger charge is -2.31. The summed E-state index contributed by atoms with van der Waals surface area (Å²) in [5.74, 6) is 0.101. The zero-order valence-corrected chi connectivity index (χ0v) is 13.1. The van der Waals surface area contributed by atoms with E-state index in [0.29, 0.717) is 12.2 Å². The molecule has 0 radical (unpaired) electrons. The molecule has 0 saturated heterocycles. The molecule has 1 aromatic rings. The summed E-state index contributed by atoms with van der Waals surface area (Å²) < 4.78 is 1.72. The van der Waals surface area contributed by atoms with Crippen molar-refractivity contribution in [2.75, 3.05) is 0 Å². The fourth-order valence-electron chi connectivity index (χ4n) is 2.84. The van der Waals surface area contributed by atoms with Crippen molar-refractivity contribution in [2.45, 2.75) is 70.9 Å². The molecule has 114 valence electrons. The predicted molar refractivity (Wildman–Crippen MR) is 80.9 cm³/mol. The Kier molecular flexibility index (Phi) is 4.66. The van der Waals surface area contributed by atoms with Crippen LogP contribution in [-0.2, 0) is 6.54 Å². The minimum atomic E-state index is -0.698. The van der Waals surface area contributed by atoms with Crippen LogP contribution in [-0.4, -0.2) is 21.2 Å². The number of amides is 1. The van der Waals surface area contributed by atoms with Crippen molar-refractivity contribution in [3.63, 3.8) is 0 Å². The van der Waals surface area contributed by atoms with Crippen LogP contribution in [0.1, 0.15) is 75.0 Å². The summed E-state index contributed by atoms with van der Waals surface area (Å²) in [6, 6.07) is 4.17. The van der Waals surface area contributed by atoms with E-state index in [1.807, 2.05) is 13.0 Å². The molecule has 1 fully saturated rings. The van der Waals surface area contributed by atoms with Gasteiger partial charge in [-0.1, -0.05) is 33.1 Å². The third-order valence-electron chi connectivity index (χ3n) is 4.20. The van der Waals surface area contributed by atoms with Gasteiger partial charge < -0.3 is 5.32 Å². The normalized spacial score (nSPS) is 17.5. The van der Waals surface area contributed by atoms with E-state index in [9.17, 15) is 10.1 Å². The van der Waals surface area contributed by atoms with E-state index >= 15 is 0 Å². The summed E-state index contributed by atoms with van der Waals surface area (Å²) in [6.07, 6.45) is 4.62. The van der Waals surface area contributed by atoms with Crippen molar-refractivity contribution < 1.29 is 4.79 Å². The zero-order valence-electron chi connectivity index (χ0n) is 13.1. The summed E-state index contributed by atoms with van der Waals surface area (Å²) in [6.45, 7) is 6.73. The number of hydrogen-bond donors (Lipinski definition) is 1. The van der Waals surface area contributed by atoms with Gasteiger partial charge in [0, 0.05) is 6.54 Å². The maximum absolute atomic E-state index is 12.6. The summed E-state index contributed by atoms with van der Waals surface area (Å²) in [5, 5.41) is 16.9. The molecular formula is C16H24N4O. The minimum Gasteiger partial charge on any atom is -0.332 e. The van der Waals surface area contributed by atoms with Gasteiger partial charge in [-0.25, -0.2) is 0 Å². The van der Waals surface area contributed by atoms with Gasteiger partial charge in [0.1, 0.15) is 11.2 Å². The molecule has 21 heavy (non-hydrogen) atoms. The zero-order chi connectivity index (χ0) is 15.5.